The Bertz CT molecular complexity index is 585. The number of ether oxygens (including phenoxy) is 1. The molecule has 8 nitrogen and oxygen atoms in total. The van der Waals surface area contributed by atoms with Gasteiger partial charge in [-0.2, -0.15) is 5.10 Å². The SMILES string of the molecule is CCC(C)NC(=O)CCNC(=NC)N1CCOC(c2cnn(C)c2)C1. The maximum absolute atomic E-state index is 11.9. The molecule has 2 heterocycles. The predicted molar refractivity (Wildman–Crippen MR) is 97.3 cm³/mol. The van der Waals surface area contributed by atoms with Crippen LogP contribution in [0.4, 0.5) is 0 Å². The molecule has 0 aliphatic carbocycles. The number of carbonyl (C=O) groups is 1. The van der Waals surface area contributed by atoms with Crippen molar-refractivity contribution in [3.05, 3.63) is 18.0 Å². The Balaban J connectivity index is 1.82. The molecule has 1 aromatic heterocycles. The van der Waals surface area contributed by atoms with E-state index >= 15 is 0 Å². The molecule has 140 valence electrons. The normalized spacial score (nSPS) is 19.6. The van der Waals surface area contributed by atoms with Gasteiger partial charge in [0.25, 0.3) is 0 Å². The van der Waals surface area contributed by atoms with Gasteiger partial charge in [0.15, 0.2) is 5.96 Å². The van der Waals surface area contributed by atoms with Crippen LogP contribution < -0.4 is 10.6 Å². The van der Waals surface area contributed by atoms with Crippen LogP contribution >= 0.6 is 0 Å². The van der Waals surface area contributed by atoms with Gasteiger partial charge in [-0.05, 0) is 13.3 Å². The highest BCUT2D eigenvalue weighted by Crippen LogP contribution is 2.21. The summed E-state index contributed by atoms with van der Waals surface area (Å²) in [6.45, 7) is 6.75. The van der Waals surface area contributed by atoms with Crippen LogP contribution in [0, 0.1) is 0 Å². The number of carbonyl (C=O) groups excluding carboxylic acids is 1. The second-order valence-electron chi connectivity index (χ2n) is 6.35. The van der Waals surface area contributed by atoms with Crippen molar-refractivity contribution in [3.8, 4) is 0 Å². The molecular weight excluding hydrogens is 320 g/mol. The standard InChI is InChI=1S/C17H30N6O2/c1-5-13(2)21-16(24)6-7-19-17(18-3)23-8-9-25-15(12-23)14-10-20-22(4)11-14/h10-11,13,15H,5-9,12H2,1-4H3,(H,18,19)(H,21,24). The summed E-state index contributed by atoms with van der Waals surface area (Å²) in [5.41, 5.74) is 1.07. The van der Waals surface area contributed by atoms with E-state index in [0.29, 0.717) is 26.1 Å². The fourth-order valence-corrected chi connectivity index (χ4v) is 2.72. The van der Waals surface area contributed by atoms with E-state index in [1.165, 1.54) is 0 Å². The molecule has 1 aromatic rings. The van der Waals surface area contributed by atoms with Crippen molar-refractivity contribution in [3.63, 3.8) is 0 Å². The molecule has 2 N–H and O–H groups in total. The Labute approximate surface area is 149 Å². The molecule has 2 atom stereocenters. The summed E-state index contributed by atoms with van der Waals surface area (Å²) in [4.78, 5) is 18.4. The van der Waals surface area contributed by atoms with Crippen LogP contribution in [-0.2, 0) is 16.6 Å². The zero-order valence-electron chi connectivity index (χ0n) is 15.7. The molecule has 0 saturated carbocycles. The molecule has 1 aliphatic rings. The molecule has 25 heavy (non-hydrogen) atoms. The topological polar surface area (TPSA) is 83.8 Å². The number of rotatable bonds is 6. The number of aromatic nitrogens is 2. The first-order chi connectivity index (χ1) is 12.0. The lowest BCUT2D eigenvalue weighted by atomic mass is 10.1. The molecule has 0 spiro atoms. The third kappa shape index (κ3) is 5.74. The summed E-state index contributed by atoms with van der Waals surface area (Å²) in [5, 5.41) is 10.5. The van der Waals surface area contributed by atoms with E-state index in [2.05, 4.69) is 32.5 Å². The van der Waals surface area contributed by atoms with Gasteiger partial charge in [0, 0.05) is 51.4 Å². The molecule has 0 aromatic carbocycles. The Kier molecular flexibility index (Phi) is 7.24. The van der Waals surface area contributed by atoms with E-state index in [0.717, 1.165) is 24.5 Å². The summed E-state index contributed by atoms with van der Waals surface area (Å²) in [6, 6.07) is 0.214. The molecule has 1 saturated heterocycles. The van der Waals surface area contributed by atoms with Crippen molar-refractivity contribution in [2.24, 2.45) is 12.0 Å². The van der Waals surface area contributed by atoms with Crippen molar-refractivity contribution in [1.82, 2.24) is 25.3 Å². The van der Waals surface area contributed by atoms with Crippen LogP contribution in [0.25, 0.3) is 0 Å². The third-order valence-electron chi connectivity index (χ3n) is 4.33. The Morgan fingerprint density at radius 3 is 3.00 bits per heavy atom. The Morgan fingerprint density at radius 2 is 2.36 bits per heavy atom. The van der Waals surface area contributed by atoms with Gasteiger partial charge in [-0.3, -0.25) is 14.5 Å². The average molecular weight is 350 g/mol. The van der Waals surface area contributed by atoms with E-state index in [-0.39, 0.29) is 18.1 Å². The second-order valence-corrected chi connectivity index (χ2v) is 6.35. The number of morpholine rings is 1. The van der Waals surface area contributed by atoms with Crippen molar-refractivity contribution in [2.75, 3.05) is 33.3 Å². The average Bonchev–Trinajstić information content (AvgIpc) is 3.05. The number of nitrogens with zero attached hydrogens (tertiary/aromatic N) is 4. The van der Waals surface area contributed by atoms with Crippen LogP contribution in [0.3, 0.4) is 0 Å². The first-order valence-corrected chi connectivity index (χ1v) is 8.88. The molecule has 1 aliphatic heterocycles. The lowest BCUT2D eigenvalue weighted by Gasteiger charge is -2.34. The fourth-order valence-electron chi connectivity index (χ4n) is 2.72. The number of amides is 1. The van der Waals surface area contributed by atoms with Gasteiger partial charge in [-0.1, -0.05) is 6.92 Å². The predicted octanol–water partition coefficient (Wildman–Crippen LogP) is 0.674. The van der Waals surface area contributed by atoms with E-state index in [1.807, 2.05) is 26.4 Å². The van der Waals surface area contributed by atoms with Crippen molar-refractivity contribution in [1.29, 1.82) is 0 Å². The molecule has 2 unspecified atom stereocenters. The maximum Gasteiger partial charge on any atom is 0.221 e. The summed E-state index contributed by atoms with van der Waals surface area (Å²) in [7, 11) is 3.66. The highest BCUT2D eigenvalue weighted by Gasteiger charge is 2.25. The Hall–Kier alpha value is -2.09. The van der Waals surface area contributed by atoms with Crippen LogP contribution in [-0.4, -0.2) is 65.9 Å². The lowest BCUT2D eigenvalue weighted by Crippen LogP contribution is -2.48. The smallest absolute Gasteiger partial charge is 0.221 e. The van der Waals surface area contributed by atoms with Crippen molar-refractivity contribution in [2.45, 2.75) is 38.8 Å². The third-order valence-corrected chi connectivity index (χ3v) is 4.33. The van der Waals surface area contributed by atoms with Crippen molar-refractivity contribution >= 4 is 11.9 Å². The van der Waals surface area contributed by atoms with Crippen LogP contribution in [0.15, 0.2) is 17.4 Å². The van der Waals surface area contributed by atoms with E-state index < -0.39 is 0 Å². The highest BCUT2D eigenvalue weighted by atomic mass is 16.5. The van der Waals surface area contributed by atoms with Gasteiger partial charge < -0.3 is 20.3 Å². The van der Waals surface area contributed by atoms with Crippen LogP contribution in [0.1, 0.15) is 38.4 Å². The summed E-state index contributed by atoms with van der Waals surface area (Å²) in [6.07, 6.45) is 5.16. The largest absolute Gasteiger partial charge is 0.370 e. The quantitative estimate of drug-likeness (QED) is 0.582. The first kappa shape index (κ1) is 19.2. The van der Waals surface area contributed by atoms with E-state index in [9.17, 15) is 4.79 Å². The molecule has 8 heteroatoms. The number of aryl methyl sites for hydroxylation is 1. The fraction of sp³-hybridized carbons (Fsp3) is 0.706. The first-order valence-electron chi connectivity index (χ1n) is 8.88. The minimum atomic E-state index is -0.0188. The van der Waals surface area contributed by atoms with E-state index in [1.54, 1.807) is 11.7 Å². The van der Waals surface area contributed by atoms with Gasteiger partial charge in [0.1, 0.15) is 6.10 Å². The minimum Gasteiger partial charge on any atom is -0.370 e. The molecular formula is C17H30N6O2. The molecule has 2 rings (SSSR count). The van der Waals surface area contributed by atoms with Gasteiger partial charge in [-0.25, -0.2) is 0 Å². The number of guanidine groups is 1. The van der Waals surface area contributed by atoms with Crippen LogP contribution in [0.5, 0.6) is 0 Å². The van der Waals surface area contributed by atoms with Gasteiger partial charge in [0.2, 0.25) is 5.91 Å². The molecule has 0 radical (unpaired) electrons. The van der Waals surface area contributed by atoms with E-state index in [4.69, 9.17) is 4.74 Å². The molecule has 1 amide bonds. The number of nitrogens with one attached hydrogen (secondary N) is 2. The summed E-state index contributed by atoms with van der Waals surface area (Å²) < 4.78 is 7.64. The number of hydrogen-bond acceptors (Lipinski definition) is 4. The van der Waals surface area contributed by atoms with Crippen LogP contribution in [0.2, 0.25) is 0 Å². The Morgan fingerprint density at radius 1 is 1.56 bits per heavy atom. The number of hydrogen-bond donors (Lipinski definition) is 2. The summed E-state index contributed by atoms with van der Waals surface area (Å²) >= 11 is 0. The second kappa shape index (κ2) is 9.41. The van der Waals surface area contributed by atoms with Gasteiger partial charge >= 0.3 is 0 Å². The number of aliphatic imine (C=N–C) groups is 1. The van der Waals surface area contributed by atoms with Crippen molar-refractivity contribution < 1.29 is 9.53 Å². The zero-order chi connectivity index (χ0) is 18.2. The summed E-state index contributed by atoms with van der Waals surface area (Å²) in [5.74, 6) is 0.862. The maximum atomic E-state index is 11.9. The molecule has 1 fully saturated rings. The van der Waals surface area contributed by atoms with Gasteiger partial charge in [0.05, 0.1) is 19.3 Å². The monoisotopic (exact) mass is 350 g/mol. The minimum absolute atomic E-state index is 0.0188. The van der Waals surface area contributed by atoms with Gasteiger partial charge in [-0.15, -0.1) is 0 Å². The zero-order valence-corrected chi connectivity index (χ0v) is 15.7. The lowest BCUT2D eigenvalue weighted by molar-refractivity contribution is -0.121. The molecule has 0 bridgehead atoms. The highest BCUT2D eigenvalue weighted by molar-refractivity contribution is 5.81.